The van der Waals surface area contributed by atoms with Gasteiger partial charge in [0.25, 0.3) is 0 Å². The molecule has 132 valence electrons. The molecule has 1 amide bonds. The normalized spacial score (nSPS) is 10.5. The zero-order chi connectivity index (χ0) is 16.8. The van der Waals surface area contributed by atoms with Crippen LogP contribution in [0.1, 0.15) is 20.3 Å². The summed E-state index contributed by atoms with van der Waals surface area (Å²) in [6, 6.07) is 5.36. The predicted molar refractivity (Wildman–Crippen MR) is 92.8 cm³/mol. The SMILES string of the molecule is COc1cc(OC)cc(OCCCN(C)C(=O)C(C)(C)N)c1.Cl. The van der Waals surface area contributed by atoms with E-state index in [9.17, 15) is 4.79 Å². The third-order valence-electron chi connectivity index (χ3n) is 3.13. The third-order valence-corrected chi connectivity index (χ3v) is 3.13. The number of carbonyl (C=O) groups is 1. The van der Waals surface area contributed by atoms with Gasteiger partial charge in [-0.3, -0.25) is 4.79 Å². The Labute approximate surface area is 144 Å². The van der Waals surface area contributed by atoms with Crippen molar-refractivity contribution in [3.8, 4) is 17.2 Å². The molecule has 0 fully saturated rings. The van der Waals surface area contributed by atoms with Crippen molar-refractivity contribution in [2.45, 2.75) is 25.8 Å². The van der Waals surface area contributed by atoms with Crippen molar-refractivity contribution in [1.82, 2.24) is 4.90 Å². The Hall–Kier alpha value is -1.66. The summed E-state index contributed by atoms with van der Waals surface area (Å²) in [5.74, 6) is 1.93. The minimum atomic E-state index is -0.851. The molecule has 0 bridgehead atoms. The van der Waals surface area contributed by atoms with Gasteiger partial charge in [0.2, 0.25) is 5.91 Å². The van der Waals surface area contributed by atoms with Crippen LogP contribution in [0.4, 0.5) is 0 Å². The number of ether oxygens (including phenoxy) is 3. The van der Waals surface area contributed by atoms with Gasteiger partial charge in [-0.2, -0.15) is 0 Å². The first kappa shape index (κ1) is 21.3. The van der Waals surface area contributed by atoms with E-state index >= 15 is 0 Å². The summed E-state index contributed by atoms with van der Waals surface area (Å²) in [6.07, 6.45) is 0.706. The first-order valence-electron chi connectivity index (χ1n) is 7.18. The molecule has 0 unspecified atom stereocenters. The van der Waals surface area contributed by atoms with Crippen molar-refractivity contribution in [3.05, 3.63) is 18.2 Å². The molecule has 0 aliphatic heterocycles. The highest BCUT2D eigenvalue weighted by Gasteiger charge is 2.25. The lowest BCUT2D eigenvalue weighted by molar-refractivity contribution is -0.134. The maximum Gasteiger partial charge on any atom is 0.241 e. The standard InChI is InChI=1S/C16H26N2O4.ClH/c1-16(2,17)15(19)18(3)7-6-8-22-14-10-12(20-4)9-13(11-14)21-5;/h9-11H,6-8,17H2,1-5H3;1H. The first-order chi connectivity index (χ1) is 10.3. The number of nitrogens with two attached hydrogens (primary N) is 1. The fraction of sp³-hybridized carbons (Fsp3) is 0.562. The van der Waals surface area contributed by atoms with Crippen LogP contribution in [-0.2, 0) is 4.79 Å². The summed E-state index contributed by atoms with van der Waals surface area (Å²) in [7, 11) is 4.92. The number of benzene rings is 1. The predicted octanol–water partition coefficient (Wildman–Crippen LogP) is 2.09. The second kappa shape index (κ2) is 9.47. The summed E-state index contributed by atoms with van der Waals surface area (Å²) in [5, 5.41) is 0. The molecule has 0 atom stereocenters. The van der Waals surface area contributed by atoms with Crippen molar-refractivity contribution in [2.75, 3.05) is 34.4 Å². The monoisotopic (exact) mass is 346 g/mol. The van der Waals surface area contributed by atoms with Crippen molar-refractivity contribution in [2.24, 2.45) is 5.73 Å². The Bertz CT molecular complexity index is 481. The van der Waals surface area contributed by atoms with Crippen LogP contribution in [0.5, 0.6) is 17.2 Å². The minimum absolute atomic E-state index is 0. The van der Waals surface area contributed by atoms with E-state index in [1.54, 1.807) is 58.2 Å². The van der Waals surface area contributed by atoms with Gasteiger partial charge in [0.15, 0.2) is 0 Å². The molecule has 1 aromatic carbocycles. The molecule has 0 aliphatic carbocycles. The summed E-state index contributed by atoms with van der Waals surface area (Å²) >= 11 is 0. The molecule has 0 saturated heterocycles. The number of rotatable bonds is 8. The van der Waals surface area contributed by atoms with Crippen molar-refractivity contribution < 1.29 is 19.0 Å². The lowest BCUT2D eigenvalue weighted by atomic mass is 10.1. The fourth-order valence-corrected chi connectivity index (χ4v) is 1.95. The van der Waals surface area contributed by atoms with E-state index in [4.69, 9.17) is 19.9 Å². The highest BCUT2D eigenvalue weighted by atomic mass is 35.5. The van der Waals surface area contributed by atoms with E-state index in [-0.39, 0.29) is 18.3 Å². The van der Waals surface area contributed by atoms with E-state index in [1.165, 1.54) is 0 Å². The summed E-state index contributed by atoms with van der Waals surface area (Å²) in [4.78, 5) is 13.5. The fourth-order valence-electron chi connectivity index (χ4n) is 1.95. The van der Waals surface area contributed by atoms with Gasteiger partial charge in [0.1, 0.15) is 17.2 Å². The third kappa shape index (κ3) is 6.97. The number of hydrogen-bond donors (Lipinski definition) is 1. The largest absolute Gasteiger partial charge is 0.496 e. The molecule has 0 saturated carbocycles. The number of amides is 1. The number of carbonyl (C=O) groups excluding carboxylic acids is 1. The van der Waals surface area contributed by atoms with E-state index < -0.39 is 5.54 Å². The Morgan fingerprint density at radius 3 is 2.04 bits per heavy atom. The maximum absolute atomic E-state index is 11.9. The van der Waals surface area contributed by atoms with E-state index in [2.05, 4.69) is 0 Å². The van der Waals surface area contributed by atoms with Crippen LogP contribution in [0.25, 0.3) is 0 Å². The van der Waals surface area contributed by atoms with Gasteiger partial charge in [-0.25, -0.2) is 0 Å². The van der Waals surface area contributed by atoms with Crippen LogP contribution in [0.3, 0.4) is 0 Å². The summed E-state index contributed by atoms with van der Waals surface area (Å²) in [6.45, 7) is 4.47. The molecule has 23 heavy (non-hydrogen) atoms. The molecule has 0 spiro atoms. The first-order valence-corrected chi connectivity index (χ1v) is 7.18. The Kier molecular flexibility index (Phi) is 8.79. The lowest BCUT2D eigenvalue weighted by Gasteiger charge is -2.25. The molecule has 0 heterocycles. The van der Waals surface area contributed by atoms with Crippen LogP contribution in [0.2, 0.25) is 0 Å². The van der Waals surface area contributed by atoms with Gasteiger partial charge in [0, 0.05) is 31.8 Å². The Morgan fingerprint density at radius 2 is 1.61 bits per heavy atom. The molecule has 2 N–H and O–H groups in total. The number of halogens is 1. The molecule has 1 aromatic rings. The van der Waals surface area contributed by atoms with Gasteiger partial charge in [-0.05, 0) is 20.3 Å². The van der Waals surface area contributed by atoms with Crippen molar-refractivity contribution >= 4 is 18.3 Å². The zero-order valence-electron chi connectivity index (χ0n) is 14.4. The number of nitrogens with zero attached hydrogens (tertiary/aromatic N) is 1. The van der Waals surface area contributed by atoms with Gasteiger partial charge in [-0.15, -0.1) is 12.4 Å². The molecule has 0 aromatic heterocycles. The van der Waals surface area contributed by atoms with Gasteiger partial charge < -0.3 is 24.8 Å². The quantitative estimate of drug-likeness (QED) is 0.729. The summed E-state index contributed by atoms with van der Waals surface area (Å²) in [5.41, 5.74) is 4.94. The molecule has 7 heteroatoms. The van der Waals surface area contributed by atoms with Gasteiger partial charge in [-0.1, -0.05) is 0 Å². The van der Waals surface area contributed by atoms with Gasteiger partial charge in [0.05, 0.1) is 26.4 Å². The highest BCUT2D eigenvalue weighted by molar-refractivity contribution is 5.85. The second-order valence-electron chi connectivity index (χ2n) is 5.70. The zero-order valence-corrected chi connectivity index (χ0v) is 15.2. The Morgan fingerprint density at radius 1 is 1.13 bits per heavy atom. The number of hydrogen-bond acceptors (Lipinski definition) is 5. The van der Waals surface area contributed by atoms with Crippen LogP contribution in [-0.4, -0.2) is 50.8 Å². The molecule has 1 rings (SSSR count). The lowest BCUT2D eigenvalue weighted by Crippen LogP contribution is -2.50. The minimum Gasteiger partial charge on any atom is -0.496 e. The van der Waals surface area contributed by atoms with Crippen LogP contribution in [0, 0.1) is 0 Å². The topological polar surface area (TPSA) is 74.0 Å². The van der Waals surface area contributed by atoms with Crippen LogP contribution < -0.4 is 19.9 Å². The molecular weight excluding hydrogens is 320 g/mol. The van der Waals surface area contributed by atoms with Crippen LogP contribution >= 0.6 is 12.4 Å². The molecule has 0 radical (unpaired) electrons. The van der Waals surface area contributed by atoms with E-state index in [0.29, 0.717) is 36.8 Å². The van der Waals surface area contributed by atoms with Crippen molar-refractivity contribution in [3.63, 3.8) is 0 Å². The number of methoxy groups -OCH3 is 2. The smallest absolute Gasteiger partial charge is 0.241 e. The Balaban J connectivity index is 0.00000484. The average Bonchev–Trinajstić information content (AvgIpc) is 2.49. The molecule has 0 aliphatic rings. The van der Waals surface area contributed by atoms with Crippen molar-refractivity contribution in [1.29, 1.82) is 0 Å². The van der Waals surface area contributed by atoms with E-state index in [0.717, 1.165) is 0 Å². The summed E-state index contributed by atoms with van der Waals surface area (Å²) < 4.78 is 16.0. The number of likely N-dealkylation sites (N-methyl/N-ethyl adjacent to an activating group) is 1. The second-order valence-corrected chi connectivity index (χ2v) is 5.70. The average molecular weight is 347 g/mol. The van der Waals surface area contributed by atoms with Gasteiger partial charge >= 0.3 is 0 Å². The maximum atomic E-state index is 11.9. The van der Waals surface area contributed by atoms with Crippen LogP contribution in [0.15, 0.2) is 18.2 Å². The van der Waals surface area contributed by atoms with E-state index in [1.807, 2.05) is 0 Å². The molecule has 6 nitrogen and oxygen atoms in total. The highest BCUT2D eigenvalue weighted by Crippen LogP contribution is 2.27. The molecular formula is C16H27ClN2O4.